The van der Waals surface area contributed by atoms with E-state index < -0.39 is 0 Å². The Hall–Kier alpha value is -0.450. The molecule has 0 amide bonds. The summed E-state index contributed by atoms with van der Waals surface area (Å²) in [4.78, 5) is 0. The van der Waals surface area contributed by atoms with Gasteiger partial charge in [-0.2, -0.15) is 0 Å². The third kappa shape index (κ3) is 4.54. The van der Waals surface area contributed by atoms with Gasteiger partial charge in [0, 0.05) is 26.5 Å². The minimum absolute atomic E-state index is 0.623. The first-order valence-electron chi connectivity index (χ1n) is 5.68. The standard InChI is InChI=1S/C14H10Cl3NS2/c15-9-4-6-10(7-5-9)18-14(19)20-8-11-12(16)2-1-3-13(11)17/h1-7H,8H2,(H,18,19). The first-order chi connectivity index (χ1) is 9.56. The van der Waals surface area contributed by atoms with E-state index in [1.54, 1.807) is 0 Å². The zero-order chi connectivity index (χ0) is 14.5. The minimum atomic E-state index is 0.623. The summed E-state index contributed by atoms with van der Waals surface area (Å²) < 4.78 is 0.656. The van der Waals surface area contributed by atoms with Gasteiger partial charge in [-0.15, -0.1) is 0 Å². The molecule has 0 aliphatic heterocycles. The number of anilines is 1. The van der Waals surface area contributed by atoms with Crippen molar-refractivity contribution in [2.75, 3.05) is 5.32 Å². The lowest BCUT2D eigenvalue weighted by atomic mass is 10.2. The Labute approximate surface area is 142 Å². The number of nitrogens with one attached hydrogen (secondary N) is 1. The van der Waals surface area contributed by atoms with Gasteiger partial charge in [0.15, 0.2) is 0 Å². The number of benzene rings is 2. The molecule has 0 spiro atoms. The molecule has 0 aliphatic carbocycles. The summed E-state index contributed by atoms with van der Waals surface area (Å²) in [7, 11) is 0. The maximum absolute atomic E-state index is 6.11. The highest BCUT2D eigenvalue weighted by molar-refractivity contribution is 8.22. The van der Waals surface area contributed by atoms with Gasteiger partial charge in [0.05, 0.1) is 0 Å². The van der Waals surface area contributed by atoms with Crippen molar-refractivity contribution in [1.29, 1.82) is 0 Å². The second kappa shape index (κ2) is 7.53. The Morgan fingerprint density at radius 1 is 1.00 bits per heavy atom. The molecule has 0 radical (unpaired) electrons. The molecule has 104 valence electrons. The Kier molecular flexibility index (Phi) is 6.00. The van der Waals surface area contributed by atoms with E-state index in [4.69, 9.17) is 47.0 Å². The average molecular weight is 363 g/mol. The van der Waals surface area contributed by atoms with Crippen LogP contribution < -0.4 is 5.32 Å². The third-order valence-corrected chi connectivity index (χ3v) is 4.71. The van der Waals surface area contributed by atoms with E-state index in [1.165, 1.54) is 11.8 Å². The molecule has 2 aromatic carbocycles. The van der Waals surface area contributed by atoms with E-state index in [2.05, 4.69) is 5.32 Å². The summed E-state index contributed by atoms with van der Waals surface area (Å²) >= 11 is 24.8. The highest BCUT2D eigenvalue weighted by Crippen LogP contribution is 2.29. The van der Waals surface area contributed by atoms with Crippen LogP contribution in [-0.2, 0) is 5.75 Å². The monoisotopic (exact) mass is 361 g/mol. The van der Waals surface area contributed by atoms with E-state index in [-0.39, 0.29) is 0 Å². The van der Waals surface area contributed by atoms with E-state index in [9.17, 15) is 0 Å². The van der Waals surface area contributed by atoms with Gasteiger partial charge < -0.3 is 5.32 Å². The molecule has 0 bridgehead atoms. The van der Waals surface area contributed by atoms with Crippen LogP contribution in [0.5, 0.6) is 0 Å². The lowest BCUT2D eigenvalue weighted by molar-refractivity contribution is 1.42. The van der Waals surface area contributed by atoms with Crippen molar-refractivity contribution in [2.24, 2.45) is 0 Å². The molecule has 0 saturated heterocycles. The predicted octanol–water partition coefficient (Wildman–Crippen LogP) is 6.28. The molecule has 0 unspecified atom stereocenters. The van der Waals surface area contributed by atoms with Crippen LogP contribution in [0.15, 0.2) is 42.5 Å². The van der Waals surface area contributed by atoms with Crippen LogP contribution in [-0.4, -0.2) is 4.32 Å². The Morgan fingerprint density at radius 3 is 2.20 bits per heavy atom. The molecule has 2 aromatic rings. The summed E-state index contributed by atoms with van der Waals surface area (Å²) in [6.45, 7) is 0. The van der Waals surface area contributed by atoms with Crippen LogP contribution in [0, 0.1) is 0 Å². The maximum Gasteiger partial charge on any atom is 0.138 e. The normalized spacial score (nSPS) is 10.3. The van der Waals surface area contributed by atoms with Gasteiger partial charge in [0.25, 0.3) is 0 Å². The quantitative estimate of drug-likeness (QED) is 0.645. The highest BCUT2D eigenvalue weighted by Gasteiger charge is 2.07. The summed E-state index contributed by atoms with van der Waals surface area (Å²) in [5.41, 5.74) is 1.79. The van der Waals surface area contributed by atoms with Crippen molar-refractivity contribution >= 4 is 68.8 Å². The van der Waals surface area contributed by atoms with Crippen LogP contribution in [0.3, 0.4) is 0 Å². The molecule has 0 aromatic heterocycles. The minimum Gasteiger partial charge on any atom is -0.341 e. The predicted molar refractivity (Wildman–Crippen MR) is 95.4 cm³/mol. The molecule has 0 atom stereocenters. The van der Waals surface area contributed by atoms with Gasteiger partial charge in [-0.1, -0.05) is 64.8 Å². The molecule has 0 aliphatic rings. The van der Waals surface area contributed by atoms with E-state index in [1.807, 2.05) is 42.5 Å². The van der Waals surface area contributed by atoms with Crippen LogP contribution in [0.1, 0.15) is 5.56 Å². The Balaban J connectivity index is 1.94. The number of thioether (sulfide) groups is 1. The van der Waals surface area contributed by atoms with Crippen LogP contribution in [0.25, 0.3) is 0 Å². The summed E-state index contributed by atoms with van der Waals surface area (Å²) in [5.74, 6) is 0.623. The number of halogens is 3. The van der Waals surface area contributed by atoms with E-state index in [0.717, 1.165) is 11.3 Å². The zero-order valence-electron chi connectivity index (χ0n) is 10.2. The smallest absolute Gasteiger partial charge is 0.138 e. The van der Waals surface area contributed by atoms with Crippen molar-refractivity contribution in [3.05, 3.63) is 63.1 Å². The molecule has 0 heterocycles. The highest BCUT2D eigenvalue weighted by atomic mass is 35.5. The summed E-state index contributed by atoms with van der Waals surface area (Å²) in [6, 6.07) is 12.8. The summed E-state index contributed by atoms with van der Waals surface area (Å²) in [6.07, 6.45) is 0. The molecule has 0 saturated carbocycles. The van der Waals surface area contributed by atoms with Crippen molar-refractivity contribution in [3.63, 3.8) is 0 Å². The molecular formula is C14H10Cl3NS2. The number of thiocarbonyl (C=S) groups is 1. The van der Waals surface area contributed by atoms with Gasteiger partial charge in [-0.3, -0.25) is 0 Å². The first kappa shape index (κ1) is 15.9. The topological polar surface area (TPSA) is 12.0 Å². The molecule has 0 fully saturated rings. The largest absolute Gasteiger partial charge is 0.341 e. The van der Waals surface area contributed by atoms with Crippen molar-refractivity contribution in [1.82, 2.24) is 0 Å². The first-order valence-corrected chi connectivity index (χ1v) is 8.21. The van der Waals surface area contributed by atoms with Crippen molar-refractivity contribution < 1.29 is 0 Å². The molecule has 20 heavy (non-hydrogen) atoms. The van der Waals surface area contributed by atoms with Crippen LogP contribution >= 0.6 is 58.8 Å². The van der Waals surface area contributed by atoms with Crippen molar-refractivity contribution in [2.45, 2.75) is 5.75 Å². The fourth-order valence-corrected chi connectivity index (χ4v) is 3.38. The SMILES string of the molecule is S=C(Nc1ccc(Cl)cc1)SCc1c(Cl)cccc1Cl. The molecule has 2 rings (SSSR count). The van der Waals surface area contributed by atoms with Gasteiger partial charge in [-0.05, 0) is 42.0 Å². The van der Waals surface area contributed by atoms with Crippen molar-refractivity contribution in [3.8, 4) is 0 Å². The van der Waals surface area contributed by atoms with Crippen LogP contribution in [0.4, 0.5) is 5.69 Å². The summed E-state index contributed by atoms with van der Waals surface area (Å²) in [5, 5.41) is 5.12. The van der Waals surface area contributed by atoms with Gasteiger partial charge >= 0.3 is 0 Å². The Bertz CT molecular complexity index is 594. The fraction of sp³-hybridized carbons (Fsp3) is 0.0714. The molecule has 1 N–H and O–H groups in total. The fourth-order valence-electron chi connectivity index (χ4n) is 1.50. The third-order valence-electron chi connectivity index (χ3n) is 2.50. The Morgan fingerprint density at radius 2 is 1.60 bits per heavy atom. The van der Waals surface area contributed by atoms with E-state index >= 15 is 0 Å². The lowest BCUT2D eigenvalue weighted by Crippen LogP contribution is -2.04. The number of rotatable bonds is 3. The van der Waals surface area contributed by atoms with Gasteiger partial charge in [0.1, 0.15) is 4.32 Å². The van der Waals surface area contributed by atoms with Crippen LogP contribution in [0.2, 0.25) is 15.1 Å². The van der Waals surface area contributed by atoms with Gasteiger partial charge in [-0.25, -0.2) is 0 Å². The lowest BCUT2D eigenvalue weighted by Gasteiger charge is -2.09. The maximum atomic E-state index is 6.11. The van der Waals surface area contributed by atoms with E-state index in [0.29, 0.717) is 25.1 Å². The molecule has 1 nitrogen and oxygen atoms in total. The number of hydrogen-bond acceptors (Lipinski definition) is 2. The molecular weight excluding hydrogens is 353 g/mol. The molecule has 6 heteroatoms. The second-order valence-corrected chi connectivity index (χ2v) is 6.81. The zero-order valence-corrected chi connectivity index (χ0v) is 14.1. The number of hydrogen-bond donors (Lipinski definition) is 1. The average Bonchev–Trinajstić information content (AvgIpc) is 2.41. The van der Waals surface area contributed by atoms with Gasteiger partial charge in [0.2, 0.25) is 0 Å². The second-order valence-electron chi connectivity index (χ2n) is 3.91.